The van der Waals surface area contributed by atoms with Crippen LogP contribution in [0.3, 0.4) is 0 Å². The summed E-state index contributed by atoms with van der Waals surface area (Å²) in [6.45, 7) is 6.10. The van der Waals surface area contributed by atoms with Gasteiger partial charge in [0.2, 0.25) is 0 Å². The van der Waals surface area contributed by atoms with Gasteiger partial charge in [-0.15, -0.1) is 0 Å². The molecule has 0 aromatic heterocycles. The molecule has 0 saturated carbocycles. The summed E-state index contributed by atoms with van der Waals surface area (Å²) in [4.78, 5) is 12.2. The monoisotopic (exact) mass is 298 g/mol. The third kappa shape index (κ3) is 4.72. The summed E-state index contributed by atoms with van der Waals surface area (Å²) in [5, 5.41) is 0. The van der Waals surface area contributed by atoms with Crippen LogP contribution in [0.1, 0.15) is 33.5 Å². The molecular formula is C15H22O4S. The van der Waals surface area contributed by atoms with Gasteiger partial charge in [-0.05, 0) is 49.9 Å². The van der Waals surface area contributed by atoms with Crippen molar-refractivity contribution >= 4 is 15.6 Å². The molecule has 0 aliphatic rings. The van der Waals surface area contributed by atoms with Crippen molar-refractivity contribution < 1.29 is 17.9 Å². The standard InChI is InChI=1S/C15H22O4S/c1-11-8-13(3)14(9-12(11)2)15(16)10-20(17,18)7-5-6-19-4/h8-9H,5-7,10H2,1-4H3. The largest absolute Gasteiger partial charge is 0.385 e. The van der Waals surface area contributed by atoms with Crippen molar-refractivity contribution in [1.29, 1.82) is 0 Å². The number of Topliss-reactive ketones (excluding diaryl/α,β-unsaturated/α-hetero) is 1. The Labute approximate surface area is 121 Å². The van der Waals surface area contributed by atoms with Crippen LogP contribution in [0.5, 0.6) is 0 Å². The summed E-state index contributed by atoms with van der Waals surface area (Å²) in [6.07, 6.45) is 0.415. The molecule has 20 heavy (non-hydrogen) atoms. The first-order valence-corrected chi connectivity index (χ1v) is 8.39. The summed E-state index contributed by atoms with van der Waals surface area (Å²) in [5.41, 5.74) is 3.42. The summed E-state index contributed by atoms with van der Waals surface area (Å²) in [6, 6.07) is 3.69. The van der Waals surface area contributed by atoms with Gasteiger partial charge in [-0.2, -0.15) is 0 Å². The molecule has 0 radical (unpaired) electrons. The number of ether oxygens (including phenoxy) is 1. The molecule has 0 aliphatic carbocycles. The number of aryl methyl sites for hydroxylation is 3. The lowest BCUT2D eigenvalue weighted by molar-refractivity contribution is 0.102. The predicted octanol–water partition coefficient (Wildman–Crippen LogP) is 2.25. The number of hydrogen-bond donors (Lipinski definition) is 0. The summed E-state index contributed by atoms with van der Waals surface area (Å²) in [5.74, 6) is -0.778. The molecule has 0 fully saturated rings. The molecule has 0 unspecified atom stereocenters. The van der Waals surface area contributed by atoms with Crippen molar-refractivity contribution in [3.63, 3.8) is 0 Å². The highest BCUT2D eigenvalue weighted by molar-refractivity contribution is 7.92. The van der Waals surface area contributed by atoms with Crippen LogP contribution in [0.15, 0.2) is 12.1 Å². The van der Waals surface area contributed by atoms with Gasteiger partial charge in [0.1, 0.15) is 5.75 Å². The smallest absolute Gasteiger partial charge is 0.178 e. The topological polar surface area (TPSA) is 60.4 Å². The Balaban J connectivity index is 2.84. The van der Waals surface area contributed by atoms with E-state index in [0.29, 0.717) is 18.6 Å². The highest BCUT2D eigenvalue weighted by atomic mass is 32.2. The van der Waals surface area contributed by atoms with Crippen LogP contribution in [-0.4, -0.2) is 39.4 Å². The molecule has 112 valence electrons. The van der Waals surface area contributed by atoms with Crippen molar-refractivity contribution in [2.75, 3.05) is 25.2 Å². The van der Waals surface area contributed by atoms with Crippen molar-refractivity contribution in [3.8, 4) is 0 Å². The summed E-state index contributed by atoms with van der Waals surface area (Å²) < 4.78 is 28.6. The fraction of sp³-hybridized carbons (Fsp3) is 0.533. The van der Waals surface area contributed by atoms with Crippen LogP contribution in [0, 0.1) is 20.8 Å². The van der Waals surface area contributed by atoms with E-state index < -0.39 is 15.6 Å². The number of ketones is 1. The van der Waals surface area contributed by atoms with Crippen molar-refractivity contribution in [3.05, 3.63) is 34.4 Å². The van der Waals surface area contributed by atoms with Gasteiger partial charge in [-0.25, -0.2) is 8.42 Å². The van der Waals surface area contributed by atoms with Crippen LogP contribution in [0.4, 0.5) is 0 Å². The Kier molecular flexibility index (Phi) is 5.89. The maximum absolute atomic E-state index is 12.2. The fourth-order valence-corrected chi connectivity index (χ4v) is 3.29. The zero-order chi connectivity index (χ0) is 15.3. The minimum Gasteiger partial charge on any atom is -0.385 e. The number of benzene rings is 1. The quantitative estimate of drug-likeness (QED) is 0.572. The van der Waals surface area contributed by atoms with Crippen molar-refractivity contribution in [2.45, 2.75) is 27.2 Å². The van der Waals surface area contributed by atoms with Crippen LogP contribution < -0.4 is 0 Å². The molecule has 0 N–H and O–H groups in total. The molecule has 0 amide bonds. The molecule has 0 aliphatic heterocycles. The first-order valence-electron chi connectivity index (χ1n) is 6.57. The average Bonchev–Trinajstić information content (AvgIpc) is 2.33. The number of sulfone groups is 1. The van der Waals surface area contributed by atoms with Gasteiger partial charge < -0.3 is 4.74 Å². The molecule has 5 heteroatoms. The molecular weight excluding hydrogens is 276 g/mol. The summed E-state index contributed by atoms with van der Waals surface area (Å²) in [7, 11) is -1.85. The maximum atomic E-state index is 12.2. The van der Waals surface area contributed by atoms with Gasteiger partial charge >= 0.3 is 0 Å². The highest BCUT2D eigenvalue weighted by Crippen LogP contribution is 2.16. The highest BCUT2D eigenvalue weighted by Gasteiger charge is 2.19. The Morgan fingerprint density at radius 1 is 1.10 bits per heavy atom. The van der Waals surface area contributed by atoms with Gasteiger partial charge in [0.25, 0.3) is 0 Å². The molecule has 1 aromatic carbocycles. The number of hydrogen-bond acceptors (Lipinski definition) is 4. The number of methoxy groups -OCH3 is 1. The number of rotatable bonds is 7. The van der Waals surface area contributed by atoms with Crippen LogP contribution in [0.2, 0.25) is 0 Å². The minimum absolute atomic E-state index is 0.0174. The van der Waals surface area contributed by atoms with E-state index in [0.717, 1.165) is 16.7 Å². The van der Waals surface area contributed by atoms with Gasteiger partial charge in [-0.3, -0.25) is 4.79 Å². The lowest BCUT2D eigenvalue weighted by Crippen LogP contribution is -2.20. The molecule has 0 saturated heterocycles. The van der Waals surface area contributed by atoms with Crippen LogP contribution in [-0.2, 0) is 14.6 Å². The van der Waals surface area contributed by atoms with Crippen LogP contribution in [0.25, 0.3) is 0 Å². The summed E-state index contributed by atoms with van der Waals surface area (Å²) >= 11 is 0. The van der Waals surface area contributed by atoms with E-state index in [9.17, 15) is 13.2 Å². The molecule has 0 heterocycles. The minimum atomic E-state index is -3.37. The number of carbonyl (C=O) groups excluding carboxylic acids is 1. The Morgan fingerprint density at radius 2 is 1.70 bits per heavy atom. The normalized spacial score (nSPS) is 11.6. The van der Waals surface area contributed by atoms with Gasteiger partial charge in [0, 0.05) is 19.3 Å². The third-order valence-electron chi connectivity index (χ3n) is 3.30. The Bertz CT molecular complexity index is 588. The molecule has 0 spiro atoms. The second-order valence-electron chi connectivity index (χ2n) is 5.11. The number of carbonyl (C=O) groups is 1. The van der Waals surface area contributed by atoms with E-state index in [4.69, 9.17) is 4.74 Å². The van der Waals surface area contributed by atoms with E-state index in [1.165, 1.54) is 7.11 Å². The molecule has 0 bridgehead atoms. The second-order valence-corrected chi connectivity index (χ2v) is 7.30. The van der Waals surface area contributed by atoms with Crippen molar-refractivity contribution in [2.24, 2.45) is 0 Å². The Hall–Kier alpha value is -1.20. The van der Waals surface area contributed by atoms with E-state index >= 15 is 0 Å². The SMILES string of the molecule is COCCCS(=O)(=O)CC(=O)c1cc(C)c(C)cc1C. The van der Waals surface area contributed by atoms with E-state index in [1.807, 2.05) is 26.8 Å². The van der Waals surface area contributed by atoms with E-state index in [-0.39, 0.29) is 11.5 Å². The van der Waals surface area contributed by atoms with Crippen molar-refractivity contribution in [1.82, 2.24) is 0 Å². The van der Waals surface area contributed by atoms with E-state index in [2.05, 4.69) is 0 Å². The zero-order valence-corrected chi connectivity index (χ0v) is 13.3. The second kappa shape index (κ2) is 6.99. The lowest BCUT2D eigenvalue weighted by atomic mass is 9.99. The third-order valence-corrected chi connectivity index (χ3v) is 4.91. The zero-order valence-electron chi connectivity index (χ0n) is 12.5. The average molecular weight is 298 g/mol. The molecule has 1 aromatic rings. The van der Waals surface area contributed by atoms with E-state index in [1.54, 1.807) is 6.07 Å². The fourth-order valence-electron chi connectivity index (χ4n) is 2.03. The first-order chi connectivity index (χ1) is 9.26. The molecule has 1 rings (SSSR count). The molecule has 4 nitrogen and oxygen atoms in total. The van der Waals surface area contributed by atoms with Gasteiger partial charge in [-0.1, -0.05) is 6.07 Å². The Morgan fingerprint density at radius 3 is 2.30 bits per heavy atom. The first kappa shape index (κ1) is 16.9. The van der Waals surface area contributed by atoms with Gasteiger partial charge in [0.05, 0.1) is 5.75 Å². The maximum Gasteiger partial charge on any atom is 0.178 e. The predicted molar refractivity (Wildman–Crippen MR) is 80.1 cm³/mol. The van der Waals surface area contributed by atoms with Gasteiger partial charge in [0.15, 0.2) is 15.6 Å². The lowest BCUT2D eigenvalue weighted by Gasteiger charge is -2.09. The molecule has 0 atom stereocenters. The van der Waals surface area contributed by atoms with Crippen LogP contribution >= 0.6 is 0 Å².